The molecule has 4 heavy (non-hydrogen) atoms. The molecule has 0 heterocycles. The third-order valence-electron chi connectivity index (χ3n) is 0.258. The first-order valence-corrected chi connectivity index (χ1v) is 1.28. The monoisotopic (exact) mass is 55.1 g/mol. The van der Waals surface area contributed by atoms with Crippen LogP contribution >= 0.6 is 0 Å². The number of hydrogen-bond donors (Lipinski definition) is 0. The van der Waals surface area contributed by atoms with Crippen LogP contribution in [0.4, 0.5) is 0 Å². The summed E-state index contributed by atoms with van der Waals surface area (Å²) in [4.78, 5) is 3.61. The molecule has 0 saturated carbocycles. The summed E-state index contributed by atoms with van der Waals surface area (Å²) in [6.45, 7) is 1.89. The maximum atomic E-state index is 3.61. The zero-order valence-electron chi connectivity index (χ0n) is 3.02. The molecule has 0 unspecified atom stereocenters. The molecule has 0 amide bonds. The van der Waals surface area contributed by atoms with E-state index < -0.39 is 0 Å². The molecule has 0 rings (SSSR count). The second-order valence-electron chi connectivity index (χ2n) is 0.516. The molecule has 0 spiro atoms. The van der Waals surface area contributed by atoms with Crippen LogP contribution in [0.15, 0.2) is 4.90 Å². The summed E-state index contributed by atoms with van der Waals surface area (Å²) in [5.74, 6) is 0. The lowest BCUT2D eigenvalue weighted by atomic mass is 10.1. The van der Waals surface area contributed by atoms with Crippen LogP contribution in [0.25, 0.3) is 0 Å². The van der Waals surface area contributed by atoms with Crippen molar-refractivity contribution in [2.75, 3.05) is 7.05 Å². The summed E-state index contributed by atoms with van der Waals surface area (Å²) < 4.78 is 0. The maximum Gasteiger partial charge on any atom is -0.0275 e. The fourth-order valence-corrected chi connectivity index (χ4v) is 0. The summed E-state index contributed by atoms with van der Waals surface area (Å²) in [5.41, 5.74) is 0. The van der Waals surface area contributed by atoms with Gasteiger partial charge in [-0.25, -0.2) is 13.9 Å². The highest BCUT2D eigenvalue weighted by molar-refractivity contribution is 6.18. The fraction of sp³-hybridized carbons (Fsp3) is 1.00. The highest BCUT2D eigenvalue weighted by Gasteiger charge is 1.12. The summed E-state index contributed by atoms with van der Waals surface area (Å²) in [5, 5.41) is 0. The zero-order chi connectivity index (χ0) is 3.41. The smallest absolute Gasteiger partial charge is 0.0275 e. The minimum atomic E-state index is 1.75. The normalized spacial score (nSPS) is 9.50. The van der Waals surface area contributed by atoms with E-state index in [1.807, 2.05) is 6.82 Å². The van der Waals surface area contributed by atoms with Crippen molar-refractivity contribution in [1.29, 1.82) is 0 Å². The summed E-state index contributed by atoms with van der Waals surface area (Å²) in [6.07, 6.45) is 0. The molecule has 0 aromatic heterocycles. The number of hydrogen-bond acceptors (Lipinski definition) is 1. The van der Waals surface area contributed by atoms with E-state index in [2.05, 4.69) is 4.90 Å². The van der Waals surface area contributed by atoms with Crippen LogP contribution in [0.3, 0.4) is 0 Å². The first kappa shape index (κ1) is 3.86. The fourth-order valence-electron chi connectivity index (χ4n) is 0. The van der Waals surface area contributed by atoms with Gasteiger partial charge < -0.3 is 4.90 Å². The van der Waals surface area contributed by atoms with E-state index in [-0.39, 0.29) is 0 Å². The van der Waals surface area contributed by atoms with Crippen molar-refractivity contribution in [3.63, 3.8) is 0 Å². The van der Waals surface area contributed by atoms with E-state index in [4.69, 9.17) is 0 Å². The number of rotatable bonds is 0. The topological polar surface area (TPSA) is 12.4 Å². The van der Waals surface area contributed by atoms with E-state index in [1.54, 1.807) is 14.1 Å². The van der Waals surface area contributed by atoms with Gasteiger partial charge in [0.1, 0.15) is 0 Å². The van der Waals surface area contributed by atoms with Gasteiger partial charge in [-0.05, 0) is 7.05 Å². The van der Waals surface area contributed by atoms with E-state index in [0.717, 1.165) is 0 Å². The van der Waals surface area contributed by atoms with E-state index in [0.29, 0.717) is 0 Å². The van der Waals surface area contributed by atoms with Crippen LogP contribution < -0.4 is 0 Å². The third-order valence-corrected chi connectivity index (χ3v) is 0.258. The minimum Gasteiger partial charge on any atom is -0.594 e. The van der Waals surface area contributed by atoms with E-state index in [9.17, 15) is 0 Å². The van der Waals surface area contributed by atoms with Gasteiger partial charge in [-0.2, -0.15) is 0 Å². The van der Waals surface area contributed by atoms with Crippen LogP contribution in [-0.2, 0) is 0 Å². The number of nitrogens with zero attached hydrogens (tertiary/aromatic N) is 1. The Balaban J connectivity index is 2.55. The SMILES string of the molecule is C[B-]=NC. The summed E-state index contributed by atoms with van der Waals surface area (Å²) in [6, 6.07) is 0. The Labute approximate surface area is 27.0 Å². The lowest BCUT2D eigenvalue weighted by Gasteiger charge is -1.75. The molecule has 0 fully saturated rings. The van der Waals surface area contributed by atoms with Gasteiger partial charge in [0, 0.05) is 0 Å². The maximum absolute atomic E-state index is 3.61. The van der Waals surface area contributed by atoms with Crippen LogP contribution in [0.2, 0.25) is 6.82 Å². The Morgan fingerprint density at radius 3 is 2.00 bits per heavy atom. The van der Waals surface area contributed by atoms with Gasteiger partial charge in [0.25, 0.3) is 0 Å². The van der Waals surface area contributed by atoms with Crippen molar-refractivity contribution in [2.24, 2.45) is 4.90 Å². The summed E-state index contributed by atoms with van der Waals surface area (Å²) >= 11 is 0. The highest BCUT2D eigenvalue weighted by Crippen LogP contribution is 1.38. The second kappa shape index (κ2) is 2.86. The Hall–Kier alpha value is -0.135. The molecular weight excluding hydrogens is 48.8 g/mol. The average Bonchev–Trinajstić information content (AvgIpc) is 1.37. The first-order valence-electron chi connectivity index (χ1n) is 1.28. The molecule has 0 saturated heterocycles. The lowest BCUT2D eigenvalue weighted by molar-refractivity contribution is 1.49. The van der Waals surface area contributed by atoms with Crippen LogP contribution in [0.5, 0.6) is 0 Å². The molecular formula is C2H6BN-. The molecule has 1 radical (unpaired) electrons. The molecule has 0 N–H and O–H groups in total. The third kappa shape index (κ3) is 1.86. The van der Waals surface area contributed by atoms with Gasteiger partial charge in [0.15, 0.2) is 0 Å². The molecule has 0 aliphatic rings. The Bertz CT molecular complexity index is 21.2. The summed E-state index contributed by atoms with van der Waals surface area (Å²) in [7, 11) is 3.50. The Kier molecular flexibility index (Phi) is 2.77. The molecule has 0 aromatic rings. The lowest BCUT2D eigenvalue weighted by Crippen LogP contribution is -1.50. The van der Waals surface area contributed by atoms with Crippen LogP contribution in [0, 0.1) is 0 Å². The predicted octanol–water partition coefficient (Wildman–Crippen LogP) is 0.552. The van der Waals surface area contributed by atoms with Crippen LogP contribution in [-0.4, -0.2) is 14.1 Å². The van der Waals surface area contributed by atoms with Gasteiger partial charge in [0.05, 0.1) is 0 Å². The Morgan fingerprint density at radius 1 is 1.75 bits per heavy atom. The van der Waals surface area contributed by atoms with Gasteiger partial charge >= 0.3 is 0 Å². The van der Waals surface area contributed by atoms with Gasteiger partial charge in [-0.15, -0.1) is 0 Å². The van der Waals surface area contributed by atoms with Crippen molar-refractivity contribution in [2.45, 2.75) is 6.82 Å². The van der Waals surface area contributed by atoms with Crippen molar-refractivity contribution >= 4 is 7.07 Å². The van der Waals surface area contributed by atoms with E-state index >= 15 is 0 Å². The molecule has 23 valence electrons. The minimum absolute atomic E-state index is 1.75. The van der Waals surface area contributed by atoms with Crippen molar-refractivity contribution in [3.8, 4) is 0 Å². The van der Waals surface area contributed by atoms with E-state index in [1.165, 1.54) is 0 Å². The average molecular weight is 54.9 g/mol. The molecule has 0 bridgehead atoms. The van der Waals surface area contributed by atoms with Crippen molar-refractivity contribution in [1.82, 2.24) is 0 Å². The quantitative estimate of drug-likeness (QED) is 0.359. The molecule has 0 aromatic carbocycles. The molecule has 2 heteroatoms. The van der Waals surface area contributed by atoms with Crippen LogP contribution in [0.1, 0.15) is 0 Å². The van der Waals surface area contributed by atoms with Crippen molar-refractivity contribution in [3.05, 3.63) is 0 Å². The molecule has 0 aliphatic heterocycles. The van der Waals surface area contributed by atoms with Gasteiger partial charge in [-0.3, -0.25) is 0 Å². The van der Waals surface area contributed by atoms with Gasteiger partial charge in [-0.1, -0.05) is 0 Å². The zero-order valence-corrected chi connectivity index (χ0v) is 3.02. The van der Waals surface area contributed by atoms with Crippen molar-refractivity contribution < 1.29 is 0 Å². The largest absolute Gasteiger partial charge is 0.594 e. The second-order valence-corrected chi connectivity index (χ2v) is 0.516. The Morgan fingerprint density at radius 2 is 2.00 bits per heavy atom. The predicted molar refractivity (Wildman–Crippen MR) is 20.0 cm³/mol. The highest BCUT2D eigenvalue weighted by atomic mass is 14.6. The standard InChI is InChI=1S/C2H6BN/c1-3-4-2/h1-2H3/q-1. The first-order chi connectivity index (χ1) is 1.91. The molecule has 1 nitrogen and oxygen atoms in total. The van der Waals surface area contributed by atoms with Gasteiger partial charge in [0.2, 0.25) is 0 Å². The molecule has 0 atom stereocenters. The molecule has 0 aliphatic carbocycles.